The van der Waals surface area contributed by atoms with Crippen molar-refractivity contribution in [3.05, 3.63) is 29.3 Å². The lowest BCUT2D eigenvalue weighted by Crippen LogP contribution is -2.14. The van der Waals surface area contributed by atoms with Crippen LogP contribution in [-0.2, 0) is 0 Å². The van der Waals surface area contributed by atoms with Gasteiger partial charge < -0.3 is 5.73 Å². The predicted molar refractivity (Wildman–Crippen MR) is 69.1 cm³/mol. The maximum atomic E-state index is 11.2. The van der Waals surface area contributed by atoms with E-state index in [4.69, 9.17) is 11.0 Å². The quantitative estimate of drug-likeness (QED) is 0.359. The lowest BCUT2D eigenvalue weighted by molar-refractivity contribution is 0.1000. The summed E-state index contributed by atoms with van der Waals surface area (Å²) < 4.78 is 0. The van der Waals surface area contributed by atoms with Crippen LogP contribution in [0, 0.1) is 18.4 Å². The van der Waals surface area contributed by atoms with Crippen molar-refractivity contribution in [1.29, 1.82) is 5.26 Å². The van der Waals surface area contributed by atoms with Crippen molar-refractivity contribution in [3.8, 4) is 6.19 Å². The molecule has 3 N–H and O–H groups in total. The van der Waals surface area contributed by atoms with Gasteiger partial charge >= 0.3 is 0 Å². The molecule has 0 unspecified atom stereocenters. The van der Waals surface area contributed by atoms with E-state index < -0.39 is 5.91 Å². The Bertz CT molecular complexity index is 505. The summed E-state index contributed by atoms with van der Waals surface area (Å²) in [6.45, 7) is 1.77. The number of hydrogen-bond acceptors (Lipinski definition) is 4. The van der Waals surface area contributed by atoms with Crippen LogP contribution in [0.3, 0.4) is 0 Å². The number of primary amides is 1. The molecule has 0 saturated carbocycles. The molecule has 17 heavy (non-hydrogen) atoms. The molecule has 0 aliphatic rings. The van der Waals surface area contributed by atoms with Crippen molar-refractivity contribution in [3.63, 3.8) is 0 Å². The van der Waals surface area contributed by atoms with Crippen LogP contribution >= 0.6 is 11.8 Å². The van der Waals surface area contributed by atoms with Crippen LogP contribution in [0.5, 0.6) is 0 Å². The molecule has 0 saturated heterocycles. The number of amides is 1. The third kappa shape index (κ3) is 3.23. The Morgan fingerprint density at radius 2 is 2.29 bits per heavy atom. The lowest BCUT2D eigenvalue weighted by Gasteiger charge is -2.06. The van der Waals surface area contributed by atoms with Crippen LogP contribution in [0.1, 0.15) is 15.9 Å². The zero-order valence-electron chi connectivity index (χ0n) is 9.52. The normalized spacial score (nSPS) is 10.8. The molecule has 0 radical (unpaired) electrons. The van der Waals surface area contributed by atoms with Crippen LogP contribution in [0.25, 0.3) is 0 Å². The number of nitrogens with zero attached hydrogens (tertiary/aromatic N) is 2. The van der Waals surface area contributed by atoms with Gasteiger partial charge in [-0.25, -0.2) is 4.99 Å². The van der Waals surface area contributed by atoms with E-state index >= 15 is 0 Å². The highest BCUT2D eigenvalue weighted by Crippen LogP contribution is 2.22. The van der Waals surface area contributed by atoms with E-state index in [0.717, 1.165) is 0 Å². The average molecular weight is 248 g/mol. The second-order valence-corrected chi connectivity index (χ2v) is 3.97. The summed E-state index contributed by atoms with van der Waals surface area (Å²) in [4.78, 5) is 15.4. The molecule has 1 aromatic carbocycles. The first-order valence-corrected chi connectivity index (χ1v) is 5.99. The van der Waals surface area contributed by atoms with E-state index in [0.29, 0.717) is 22.0 Å². The molecule has 0 bridgehead atoms. The lowest BCUT2D eigenvalue weighted by atomic mass is 10.1. The van der Waals surface area contributed by atoms with Gasteiger partial charge in [0.2, 0.25) is 5.91 Å². The van der Waals surface area contributed by atoms with Gasteiger partial charge in [0.05, 0.1) is 5.69 Å². The van der Waals surface area contributed by atoms with Crippen molar-refractivity contribution in [2.24, 2.45) is 10.7 Å². The van der Waals surface area contributed by atoms with Gasteiger partial charge in [-0.3, -0.25) is 10.1 Å². The molecule has 88 valence electrons. The minimum absolute atomic E-state index is 0.434. The van der Waals surface area contributed by atoms with Crippen molar-refractivity contribution < 1.29 is 4.79 Å². The van der Waals surface area contributed by atoms with Crippen molar-refractivity contribution >= 4 is 28.5 Å². The van der Waals surface area contributed by atoms with Crippen molar-refractivity contribution in [1.82, 2.24) is 5.32 Å². The third-order valence-electron chi connectivity index (χ3n) is 2.15. The first-order valence-electron chi connectivity index (χ1n) is 4.77. The second-order valence-electron chi connectivity index (χ2n) is 3.17. The number of carbonyl (C=O) groups excluding carboxylic acids is 1. The fraction of sp³-hybridized carbons (Fsp3) is 0.182. The van der Waals surface area contributed by atoms with Crippen LogP contribution in [0.4, 0.5) is 5.69 Å². The Hall–Kier alpha value is -2.00. The van der Waals surface area contributed by atoms with Gasteiger partial charge in [-0.1, -0.05) is 17.8 Å². The van der Waals surface area contributed by atoms with Gasteiger partial charge in [-0.15, -0.1) is 0 Å². The number of nitrogens with one attached hydrogen (secondary N) is 1. The topological polar surface area (TPSA) is 91.3 Å². The number of rotatable bonds is 2. The maximum absolute atomic E-state index is 11.2. The smallest absolute Gasteiger partial charge is 0.249 e. The zero-order chi connectivity index (χ0) is 12.8. The summed E-state index contributed by atoms with van der Waals surface area (Å²) in [5, 5.41) is 11.5. The third-order valence-corrected chi connectivity index (χ3v) is 2.73. The molecular weight excluding hydrogens is 236 g/mol. The van der Waals surface area contributed by atoms with Crippen molar-refractivity contribution in [2.45, 2.75) is 6.92 Å². The Labute approximate surface area is 104 Å². The molecule has 0 fully saturated rings. The second kappa shape index (κ2) is 5.92. The zero-order valence-corrected chi connectivity index (χ0v) is 10.3. The standard InChI is InChI=1S/C11H12N4OS/c1-7-8(10(13)16)4-3-5-9(7)15-11(17-2)14-6-12/h3-5H,1-2H3,(H2,13,16)(H,14,15). The van der Waals surface area contributed by atoms with E-state index in [9.17, 15) is 4.79 Å². The van der Waals surface area contributed by atoms with E-state index in [1.165, 1.54) is 11.8 Å². The average Bonchev–Trinajstić information content (AvgIpc) is 2.30. The Morgan fingerprint density at radius 1 is 1.59 bits per heavy atom. The summed E-state index contributed by atoms with van der Waals surface area (Å²) in [5.74, 6) is -0.488. The molecule has 5 nitrogen and oxygen atoms in total. The number of hydrogen-bond donors (Lipinski definition) is 2. The molecule has 6 heteroatoms. The first kappa shape index (κ1) is 13.1. The Balaban J connectivity index is 3.20. The number of amidine groups is 1. The predicted octanol–water partition coefficient (Wildman–Crippen LogP) is 1.52. The van der Waals surface area contributed by atoms with Crippen LogP contribution in [0.2, 0.25) is 0 Å². The SMILES string of the molecule is CSC(=Nc1cccc(C(N)=O)c1C)NC#N. The molecule has 0 spiro atoms. The molecule has 0 aliphatic heterocycles. The number of aliphatic imine (C=N–C) groups is 1. The highest BCUT2D eigenvalue weighted by Gasteiger charge is 2.08. The largest absolute Gasteiger partial charge is 0.366 e. The minimum Gasteiger partial charge on any atom is -0.366 e. The van der Waals surface area contributed by atoms with Crippen molar-refractivity contribution in [2.75, 3.05) is 6.26 Å². The van der Waals surface area contributed by atoms with Gasteiger partial charge in [-0.2, -0.15) is 5.26 Å². The van der Waals surface area contributed by atoms with E-state index in [1.807, 2.05) is 0 Å². The summed E-state index contributed by atoms with van der Waals surface area (Å²) in [7, 11) is 0. The number of nitrogens with two attached hydrogens (primary N) is 1. The van der Waals surface area contributed by atoms with E-state index in [2.05, 4.69) is 10.3 Å². The van der Waals surface area contributed by atoms with Gasteiger partial charge in [0.1, 0.15) is 0 Å². The van der Waals surface area contributed by atoms with E-state index in [-0.39, 0.29) is 0 Å². The van der Waals surface area contributed by atoms with Crippen LogP contribution in [-0.4, -0.2) is 17.3 Å². The summed E-state index contributed by atoms with van der Waals surface area (Å²) >= 11 is 1.31. The molecular formula is C11H12N4OS. The first-order chi connectivity index (χ1) is 8.10. The summed E-state index contributed by atoms with van der Waals surface area (Å²) in [6, 6.07) is 5.11. The number of carbonyl (C=O) groups is 1. The van der Waals surface area contributed by atoms with Crippen LogP contribution < -0.4 is 11.1 Å². The number of thioether (sulfide) groups is 1. The summed E-state index contributed by atoms with van der Waals surface area (Å²) in [5.41, 5.74) is 7.00. The molecule has 1 aromatic rings. The molecule has 0 aromatic heterocycles. The molecule has 0 atom stereocenters. The van der Waals surface area contributed by atoms with Gasteiger partial charge in [0.15, 0.2) is 11.4 Å². The van der Waals surface area contributed by atoms with Gasteiger partial charge in [-0.05, 0) is 30.9 Å². The highest BCUT2D eigenvalue weighted by atomic mass is 32.2. The Kier molecular flexibility index (Phi) is 4.55. The molecule has 0 heterocycles. The number of nitriles is 1. The highest BCUT2D eigenvalue weighted by molar-refractivity contribution is 8.13. The molecule has 1 rings (SSSR count). The Morgan fingerprint density at radius 3 is 2.82 bits per heavy atom. The van der Waals surface area contributed by atoms with Crippen LogP contribution in [0.15, 0.2) is 23.2 Å². The monoisotopic (exact) mass is 248 g/mol. The van der Waals surface area contributed by atoms with E-state index in [1.54, 1.807) is 37.6 Å². The summed E-state index contributed by atoms with van der Waals surface area (Å²) in [6.07, 6.45) is 3.60. The number of benzene rings is 1. The fourth-order valence-electron chi connectivity index (χ4n) is 1.29. The maximum Gasteiger partial charge on any atom is 0.249 e. The molecule has 0 aliphatic carbocycles. The van der Waals surface area contributed by atoms with Gasteiger partial charge in [0, 0.05) is 5.56 Å². The minimum atomic E-state index is -0.488. The van der Waals surface area contributed by atoms with Gasteiger partial charge in [0.25, 0.3) is 0 Å². The fourth-order valence-corrected chi connectivity index (χ4v) is 1.63. The molecule has 1 amide bonds.